The second kappa shape index (κ2) is 3.58. The predicted octanol–water partition coefficient (Wildman–Crippen LogP) is 2.44. The lowest BCUT2D eigenvalue weighted by atomic mass is 10.3. The third kappa shape index (κ3) is 1.83. The molecule has 0 radical (unpaired) electrons. The highest BCUT2D eigenvalue weighted by Crippen LogP contribution is 2.13. The van der Waals surface area contributed by atoms with E-state index < -0.39 is 12.2 Å². The van der Waals surface area contributed by atoms with E-state index in [4.69, 9.17) is 11.6 Å². The number of pyridine rings is 1. The summed E-state index contributed by atoms with van der Waals surface area (Å²) in [5, 5.41) is 0.441. The second-order valence-electron chi connectivity index (χ2n) is 2.90. The molecular weight excluding hydrogens is 226 g/mol. The molecular formula is C9H5ClF2N2O. The highest BCUT2D eigenvalue weighted by atomic mass is 35.5. The van der Waals surface area contributed by atoms with Crippen LogP contribution in [0.15, 0.2) is 24.5 Å². The van der Waals surface area contributed by atoms with Crippen LogP contribution in [0, 0.1) is 0 Å². The molecule has 0 saturated heterocycles. The molecule has 0 aliphatic heterocycles. The van der Waals surface area contributed by atoms with E-state index in [1.54, 1.807) is 12.1 Å². The maximum absolute atomic E-state index is 12.1. The van der Waals surface area contributed by atoms with Crippen molar-refractivity contribution in [1.82, 2.24) is 9.38 Å². The molecule has 0 amide bonds. The van der Waals surface area contributed by atoms with Gasteiger partial charge in [-0.25, -0.2) is 13.8 Å². The number of fused-ring (bicyclic) bond motifs is 1. The van der Waals surface area contributed by atoms with Gasteiger partial charge in [0, 0.05) is 12.4 Å². The first-order valence-electron chi connectivity index (χ1n) is 4.04. The molecule has 2 aromatic rings. The van der Waals surface area contributed by atoms with Gasteiger partial charge in [0.2, 0.25) is 5.78 Å². The largest absolute Gasteiger partial charge is 0.305 e. The van der Waals surface area contributed by atoms with Crippen molar-refractivity contribution < 1.29 is 13.6 Å². The molecule has 2 heterocycles. The van der Waals surface area contributed by atoms with Gasteiger partial charge in [-0.3, -0.25) is 4.79 Å². The molecule has 0 fully saturated rings. The van der Waals surface area contributed by atoms with Crippen molar-refractivity contribution in [2.45, 2.75) is 6.43 Å². The van der Waals surface area contributed by atoms with Gasteiger partial charge in [-0.2, -0.15) is 0 Å². The SMILES string of the molecule is O=C(c1cn2cc(Cl)ccc2n1)C(F)F. The Bertz CT molecular complexity index is 524. The normalized spacial score (nSPS) is 11.2. The summed E-state index contributed by atoms with van der Waals surface area (Å²) in [5.41, 5.74) is 0.149. The van der Waals surface area contributed by atoms with Crippen molar-refractivity contribution in [2.75, 3.05) is 0 Å². The zero-order valence-corrected chi connectivity index (χ0v) is 8.08. The van der Waals surface area contributed by atoms with E-state index in [1.165, 1.54) is 16.8 Å². The third-order valence-electron chi connectivity index (χ3n) is 1.87. The van der Waals surface area contributed by atoms with Crippen molar-refractivity contribution in [3.63, 3.8) is 0 Å². The maximum atomic E-state index is 12.1. The number of carbonyl (C=O) groups is 1. The fraction of sp³-hybridized carbons (Fsp3) is 0.111. The number of hydrogen-bond acceptors (Lipinski definition) is 2. The summed E-state index contributed by atoms with van der Waals surface area (Å²) in [6.07, 6.45) is -0.313. The molecule has 0 spiro atoms. The third-order valence-corrected chi connectivity index (χ3v) is 2.09. The molecule has 0 N–H and O–H groups in total. The summed E-state index contributed by atoms with van der Waals surface area (Å²) >= 11 is 5.69. The number of nitrogens with zero attached hydrogens (tertiary/aromatic N) is 2. The van der Waals surface area contributed by atoms with Crippen LogP contribution in [0.4, 0.5) is 8.78 Å². The molecule has 0 atom stereocenters. The molecule has 0 aromatic carbocycles. The van der Waals surface area contributed by atoms with E-state index in [1.807, 2.05) is 0 Å². The molecule has 2 rings (SSSR count). The number of aromatic nitrogens is 2. The van der Waals surface area contributed by atoms with Gasteiger partial charge in [-0.05, 0) is 12.1 Å². The Kier molecular flexibility index (Phi) is 2.40. The van der Waals surface area contributed by atoms with Crippen molar-refractivity contribution in [2.24, 2.45) is 0 Å². The van der Waals surface area contributed by atoms with Gasteiger partial charge in [0.05, 0.1) is 5.02 Å². The lowest BCUT2D eigenvalue weighted by molar-refractivity contribution is 0.0674. The lowest BCUT2D eigenvalue weighted by Gasteiger charge is -1.91. The molecule has 78 valence electrons. The number of alkyl halides is 2. The molecule has 0 unspecified atom stereocenters. The van der Waals surface area contributed by atoms with Gasteiger partial charge in [-0.1, -0.05) is 11.6 Å². The van der Waals surface area contributed by atoms with Gasteiger partial charge < -0.3 is 4.40 Å². The van der Waals surface area contributed by atoms with Crippen LogP contribution in [-0.2, 0) is 0 Å². The highest BCUT2D eigenvalue weighted by molar-refractivity contribution is 6.30. The zero-order chi connectivity index (χ0) is 11.0. The number of carbonyl (C=O) groups excluding carboxylic acids is 1. The number of halogens is 3. The van der Waals surface area contributed by atoms with Gasteiger partial charge >= 0.3 is 6.43 Å². The number of imidazole rings is 1. The minimum Gasteiger partial charge on any atom is -0.305 e. The highest BCUT2D eigenvalue weighted by Gasteiger charge is 2.20. The molecule has 0 bridgehead atoms. The summed E-state index contributed by atoms with van der Waals surface area (Å²) in [4.78, 5) is 14.7. The zero-order valence-electron chi connectivity index (χ0n) is 7.32. The number of Topliss-reactive ketones (excluding diaryl/α,β-unsaturated/α-hetero) is 1. The number of rotatable bonds is 2. The lowest BCUT2D eigenvalue weighted by Crippen LogP contribution is -2.10. The van der Waals surface area contributed by atoms with Crippen LogP contribution in [0.1, 0.15) is 10.5 Å². The topological polar surface area (TPSA) is 34.4 Å². The average Bonchev–Trinajstić information content (AvgIpc) is 2.58. The van der Waals surface area contributed by atoms with E-state index >= 15 is 0 Å². The van der Waals surface area contributed by atoms with Crippen molar-refractivity contribution in [3.05, 3.63) is 35.2 Å². The van der Waals surface area contributed by atoms with Crippen LogP contribution in [0.25, 0.3) is 5.65 Å². The summed E-state index contributed by atoms with van der Waals surface area (Å²) in [7, 11) is 0. The molecule has 0 aliphatic carbocycles. The van der Waals surface area contributed by atoms with Crippen molar-refractivity contribution in [3.8, 4) is 0 Å². The Balaban J connectivity index is 2.52. The fourth-order valence-electron chi connectivity index (χ4n) is 1.20. The van der Waals surface area contributed by atoms with Crippen LogP contribution in [0.2, 0.25) is 5.02 Å². The molecule has 3 nitrogen and oxygen atoms in total. The number of ketones is 1. The molecule has 15 heavy (non-hydrogen) atoms. The Morgan fingerprint density at radius 1 is 1.40 bits per heavy atom. The average molecular weight is 231 g/mol. The first-order chi connectivity index (χ1) is 7.08. The smallest absolute Gasteiger partial charge is 0.302 e. The van der Waals surface area contributed by atoms with Crippen LogP contribution < -0.4 is 0 Å². The van der Waals surface area contributed by atoms with Gasteiger partial charge in [0.1, 0.15) is 11.3 Å². The maximum Gasteiger partial charge on any atom is 0.302 e. The quantitative estimate of drug-likeness (QED) is 0.743. The second-order valence-corrected chi connectivity index (χ2v) is 3.34. The first-order valence-corrected chi connectivity index (χ1v) is 4.42. The van der Waals surface area contributed by atoms with Crippen molar-refractivity contribution >= 4 is 23.0 Å². The summed E-state index contributed by atoms with van der Waals surface area (Å²) in [6, 6.07) is 3.12. The van der Waals surface area contributed by atoms with Crippen molar-refractivity contribution in [1.29, 1.82) is 0 Å². The minimum atomic E-state index is -3.04. The van der Waals surface area contributed by atoms with Crippen LogP contribution in [0.3, 0.4) is 0 Å². The Morgan fingerprint density at radius 3 is 2.80 bits per heavy atom. The summed E-state index contributed by atoms with van der Waals surface area (Å²) < 4.78 is 25.6. The molecule has 0 aliphatic rings. The van der Waals surface area contributed by atoms with E-state index in [2.05, 4.69) is 4.98 Å². The van der Waals surface area contributed by atoms with E-state index in [9.17, 15) is 13.6 Å². The summed E-state index contributed by atoms with van der Waals surface area (Å²) in [6.45, 7) is 0. The van der Waals surface area contributed by atoms with Gasteiger partial charge in [-0.15, -0.1) is 0 Å². The monoisotopic (exact) mass is 230 g/mol. The van der Waals surface area contributed by atoms with Gasteiger partial charge in [0.25, 0.3) is 0 Å². The Hall–Kier alpha value is -1.49. The summed E-state index contributed by atoms with van der Waals surface area (Å²) in [5.74, 6) is -1.28. The Labute approximate surface area is 88.3 Å². The molecule has 0 saturated carbocycles. The van der Waals surface area contributed by atoms with Crippen LogP contribution >= 0.6 is 11.6 Å². The standard InChI is InChI=1S/C9H5ClF2N2O/c10-5-1-2-7-13-6(4-14(7)3-5)8(15)9(11)12/h1-4,9H. The van der Waals surface area contributed by atoms with E-state index in [0.717, 1.165) is 0 Å². The van der Waals surface area contributed by atoms with Gasteiger partial charge in [0.15, 0.2) is 0 Å². The van der Waals surface area contributed by atoms with E-state index in [-0.39, 0.29) is 5.69 Å². The molecule has 2 aromatic heterocycles. The van der Waals surface area contributed by atoms with E-state index in [0.29, 0.717) is 10.7 Å². The van der Waals surface area contributed by atoms with Crippen LogP contribution in [0.5, 0.6) is 0 Å². The minimum absolute atomic E-state index is 0.257. The fourth-order valence-corrected chi connectivity index (χ4v) is 1.36. The van der Waals surface area contributed by atoms with Crippen LogP contribution in [-0.4, -0.2) is 21.6 Å². The number of hydrogen-bond donors (Lipinski definition) is 0. The Morgan fingerprint density at radius 2 is 2.13 bits per heavy atom. The first kappa shape index (κ1) is 10.0. The molecule has 6 heteroatoms. The predicted molar refractivity (Wildman–Crippen MR) is 50.5 cm³/mol.